The van der Waals surface area contributed by atoms with Crippen LogP contribution in [0, 0.1) is 25.7 Å². The lowest BCUT2D eigenvalue weighted by atomic mass is 10.1. The van der Waals surface area contributed by atoms with Crippen molar-refractivity contribution in [2.24, 2.45) is 0 Å². The first-order valence-electron chi connectivity index (χ1n) is 9.93. The van der Waals surface area contributed by atoms with Crippen molar-refractivity contribution in [2.75, 3.05) is 18.8 Å². The quantitative estimate of drug-likeness (QED) is 0.633. The van der Waals surface area contributed by atoms with Crippen molar-refractivity contribution in [1.82, 2.24) is 30.4 Å². The molecule has 30 heavy (non-hydrogen) atoms. The molecule has 0 saturated carbocycles. The number of carbonyl (C=O) groups excluding carboxylic acids is 1. The first-order valence-corrected chi connectivity index (χ1v) is 9.93. The summed E-state index contributed by atoms with van der Waals surface area (Å²) in [5.41, 5.74) is 13.5. The van der Waals surface area contributed by atoms with E-state index in [1.807, 2.05) is 18.9 Å². The number of fused-ring (bicyclic) bond motifs is 1. The van der Waals surface area contributed by atoms with Gasteiger partial charge in [0.25, 0.3) is 5.91 Å². The molecule has 3 aromatic rings. The van der Waals surface area contributed by atoms with Crippen LogP contribution in [0.25, 0.3) is 11.0 Å². The molecule has 0 bridgehead atoms. The number of hydrogen-bond donors (Lipinski definition) is 2. The number of nitrogens with two attached hydrogens (primary N) is 1. The number of rotatable bonds is 2. The first-order chi connectivity index (χ1) is 14.5. The highest BCUT2D eigenvalue weighted by atomic mass is 16.2. The van der Waals surface area contributed by atoms with Crippen LogP contribution in [-0.2, 0) is 0 Å². The molecule has 0 unspecified atom stereocenters. The van der Waals surface area contributed by atoms with Crippen molar-refractivity contribution in [3.8, 4) is 11.8 Å². The third-order valence-corrected chi connectivity index (χ3v) is 5.10. The van der Waals surface area contributed by atoms with Gasteiger partial charge in [0.05, 0.1) is 28.7 Å². The van der Waals surface area contributed by atoms with Gasteiger partial charge in [-0.05, 0) is 32.8 Å². The molecule has 1 aliphatic heterocycles. The van der Waals surface area contributed by atoms with Gasteiger partial charge in [-0.15, -0.1) is 0 Å². The van der Waals surface area contributed by atoms with Crippen LogP contribution < -0.4 is 11.2 Å². The normalized spacial score (nSPS) is 14.2. The van der Waals surface area contributed by atoms with Gasteiger partial charge in [-0.3, -0.25) is 15.2 Å². The molecule has 1 amide bonds. The van der Waals surface area contributed by atoms with E-state index >= 15 is 0 Å². The number of pyridine rings is 2. The highest BCUT2D eigenvalue weighted by molar-refractivity contribution is 5.94. The lowest BCUT2D eigenvalue weighted by Crippen LogP contribution is -2.45. The predicted octanol–water partition coefficient (Wildman–Crippen LogP) is 2.15. The van der Waals surface area contributed by atoms with E-state index in [9.17, 15) is 4.79 Å². The monoisotopic (exact) mass is 401 g/mol. The van der Waals surface area contributed by atoms with Crippen molar-refractivity contribution in [2.45, 2.75) is 33.1 Å². The van der Waals surface area contributed by atoms with Gasteiger partial charge in [0.15, 0.2) is 0 Å². The summed E-state index contributed by atoms with van der Waals surface area (Å²) in [5.74, 6) is 6.18. The Labute approximate surface area is 174 Å². The van der Waals surface area contributed by atoms with E-state index in [1.54, 1.807) is 18.5 Å². The van der Waals surface area contributed by atoms with Crippen LogP contribution in [0.15, 0.2) is 24.7 Å². The van der Waals surface area contributed by atoms with E-state index in [1.165, 1.54) is 12.6 Å². The number of nitrogens with one attached hydrogen (secondary N) is 1. The minimum Gasteiger partial charge on any atom is -0.383 e. The first kappa shape index (κ1) is 19.7. The lowest BCUT2D eigenvalue weighted by molar-refractivity contribution is 0.0749. The molecule has 4 heterocycles. The number of nitrogen functional groups attached to an aromatic ring is 1. The second-order valence-corrected chi connectivity index (χ2v) is 7.35. The van der Waals surface area contributed by atoms with Gasteiger partial charge in [-0.1, -0.05) is 18.3 Å². The highest BCUT2D eigenvalue weighted by Gasteiger charge is 2.14. The molecule has 4 rings (SSSR count). The standard InChI is InChI=1S/C22H23N7O/c1-14-15(2)27-20-18(21(23)25-13-19(20)26-14)7-6-16-10-17(12-24-11-16)22(30)28-29-8-4-3-5-9-29/h10-13H,3-5,8-9H2,1-2H3,(H2,23,25)(H,28,30). The molecule has 0 aliphatic carbocycles. The molecule has 0 atom stereocenters. The van der Waals surface area contributed by atoms with E-state index in [2.05, 4.69) is 37.2 Å². The number of amides is 1. The Hall–Kier alpha value is -3.57. The minimum atomic E-state index is -0.184. The zero-order valence-corrected chi connectivity index (χ0v) is 17.1. The Balaban J connectivity index is 1.62. The topological polar surface area (TPSA) is 110 Å². The van der Waals surface area contributed by atoms with Gasteiger partial charge in [0.2, 0.25) is 0 Å². The minimum absolute atomic E-state index is 0.184. The molecule has 3 aromatic heterocycles. The maximum atomic E-state index is 12.5. The third kappa shape index (κ3) is 4.21. The lowest BCUT2D eigenvalue weighted by Gasteiger charge is -2.26. The molecular formula is C22H23N7O. The molecule has 8 heteroatoms. The van der Waals surface area contributed by atoms with E-state index in [4.69, 9.17) is 5.73 Å². The number of hydrazine groups is 1. The molecule has 0 radical (unpaired) electrons. The van der Waals surface area contributed by atoms with Crippen LogP contribution in [0.4, 0.5) is 5.82 Å². The molecule has 1 saturated heterocycles. The Morgan fingerprint density at radius 3 is 2.63 bits per heavy atom. The average Bonchev–Trinajstić information content (AvgIpc) is 2.75. The number of anilines is 1. The van der Waals surface area contributed by atoms with Crippen LogP contribution in [0.1, 0.15) is 52.1 Å². The smallest absolute Gasteiger partial charge is 0.267 e. The fourth-order valence-electron chi connectivity index (χ4n) is 3.32. The summed E-state index contributed by atoms with van der Waals surface area (Å²) in [6.07, 6.45) is 8.13. The number of aromatic nitrogens is 4. The van der Waals surface area contributed by atoms with Crippen LogP contribution >= 0.6 is 0 Å². The summed E-state index contributed by atoms with van der Waals surface area (Å²) in [7, 11) is 0. The number of carbonyl (C=O) groups is 1. The van der Waals surface area contributed by atoms with Gasteiger partial charge in [0, 0.05) is 31.0 Å². The summed E-state index contributed by atoms with van der Waals surface area (Å²) < 4.78 is 0. The molecule has 1 fully saturated rings. The summed E-state index contributed by atoms with van der Waals surface area (Å²) in [5, 5.41) is 1.95. The summed E-state index contributed by atoms with van der Waals surface area (Å²) in [6, 6.07) is 1.72. The van der Waals surface area contributed by atoms with Crippen molar-refractivity contribution in [3.63, 3.8) is 0 Å². The van der Waals surface area contributed by atoms with Crippen LogP contribution in [0.5, 0.6) is 0 Å². The molecule has 3 N–H and O–H groups in total. The van der Waals surface area contributed by atoms with Crippen LogP contribution in [0.2, 0.25) is 0 Å². The second-order valence-electron chi connectivity index (χ2n) is 7.35. The second kappa shape index (κ2) is 8.43. The summed E-state index contributed by atoms with van der Waals surface area (Å²) in [6.45, 7) is 5.53. The number of aryl methyl sites for hydroxylation is 2. The molecule has 152 valence electrons. The number of nitrogens with zero attached hydrogens (tertiary/aromatic N) is 5. The Morgan fingerprint density at radius 1 is 1.07 bits per heavy atom. The highest BCUT2D eigenvalue weighted by Crippen LogP contribution is 2.19. The van der Waals surface area contributed by atoms with E-state index < -0.39 is 0 Å². The van der Waals surface area contributed by atoms with Gasteiger partial charge < -0.3 is 5.73 Å². The van der Waals surface area contributed by atoms with Gasteiger partial charge in [0.1, 0.15) is 16.9 Å². The van der Waals surface area contributed by atoms with E-state index in [0.29, 0.717) is 33.5 Å². The molecule has 0 aromatic carbocycles. The summed E-state index contributed by atoms with van der Waals surface area (Å²) in [4.78, 5) is 30.0. The Bertz CT molecular complexity index is 1170. The third-order valence-electron chi connectivity index (χ3n) is 5.10. The van der Waals surface area contributed by atoms with Crippen molar-refractivity contribution in [3.05, 3.63) is 52.7 Å². The Kier molecular flexibility index (Phi) is 5.55. The number of hydrogen-bond acceptors (Lipinski definition) is 7. The van der Waals surface area contributed by atoms with Crippen molar-refractivity contribution in [1.29, 1.82) is 0 Å². The Morgan fingerprint density at radius 2 is 1.83 bits per heavy atom. The van der Waals surface area contributed by atoms with Gasteiger partial charge >= 0.3 is 0 Å². The van der Waals surface area contributed by atoms with Gasteiger partial charge in [-0.25, -0.2) is 20.0 Å². The number of piperidine rings is 1. The summed E-state index contributed by atoms with van der Waals surface area (Å²) >= 11 is 0. The molecule has 1 aliphatic rings. The zero-order chi connectivity index (χ0) is 21.1. The molecule has 0 spiro atoms. The zero-order valence-electron chi connectivity index (χ0n) is 17.1. The maximum absolute atomic E-state index is 12.5. The van der Waals surface area contributed by atoms with Gasteiger partial charge in [-0.2, -0.15) is 0 Å². The average molecular weight is 401 g/mol. The van der Waals surface area contributed by atoms with Crippen molar-refractivity contribution >= 4 is 22.8 Å². The predicted molar refractivity (Wildman–Crippen MR) is 114 cm³/mol. The van der Waals surface area contributed by atoms with Crippen molar-refractivity contribution < 1.29 is 4.79 Å². The molecular weight excluding hydrogens is 378 g/mol. The van der Waals surface area contributed by atoms with E-state index in [0.717, 1.165) is 37.3 Å². The maximum Gasteiger partial charge on any atom is 0.267 e. The van der Waals surface area contributed by atoms with Crippen LogP contribution in [-0.4, -0.2) is 43.9 Å². The fraction of sp³-hybridized carbons (Fsp3) is 0.318. The largest absolute Gasteiger partial charge is 0.383 e. The van der Waals surface area contributed by atoms with E-state index in [-0.39, 0.29) is 5.91 Å². The fourth-order valence-corrected chi connectivity index (χ4v) is 3.32. The molecule has 8 nitrogen and oxygen atoms in total. The van der Waals surface area contributed by atoms with Crippen LogP contribution in [0.3, 0.4) is 0 Å². The SMILES string of the molecule is Cc1nc2cnc(N)c(C#Cc3cncc(C(=O)NN4CCCCC4)c3)c2nc1C.